The van der Waals surface area contributed by atoms with E-state index >= 15 is 0 Å². The highest BCUT2D eigenvalue weighted by Gasteiger charge is 2.25. The molecule has 0 aliphatic carbocycles. The third kappa shape index (κ3) is 7.74. The van der Waals surface area contributed by atoms with Gasteiger partial charge in [0.2, 0.25) is 0 Å². The molecule has 0 radical (unpaired) electrons. The summed E-state index contributed by atoms with van der Waals surface area (Å²) in [5.41, 5.74) is 5.63. The van der Waals surface area contributed by atoms with Crippen LogP contribution in [0.25, 0.3) is 83.9 Å². The van der Waals surface area contributed by atoms with Gasteiger partial charge in [-0.05, 0) is 129 Å². The number of fused-ring (bicyclic) bond motifs is 1. The zero-order valence-corrected chi connectivity index (χ0v) is 35.4. The summed E-state index contributed by atoms with van der Waals surface area (Å²) >= 11 is 0. The van der Waals surface area contributed by atoms with Gasteiger partial charge >= 0.3 is 0 Å². The molecule has 9 rings (SSSR count). The number of rotatable bonds is 7. The first kappa shape index (κ1) is 27.7. The van der Waals surface area contributed by atoms with Gasteiger partial charge < -0.3 is 5.11 Å². The normalized spacial score (nSPS) is 15.4. The number of nitrogens with zero attached hydrogens (tertiary/aromatic N) is 3. The van der Waals surface area contributed by atoms with Crippen LogP contribution in [0.2, 0.25) is 0 Å². The largest absolute Gasteiger partial charge is 0.507 e. The van der Waals surface area contributed by atoms with Crippen molar-refractivity contribution < 1.29 is 22.9 Å². The molecule has 0 fully saturated rings. The van der Waals surface area contributed by atoms with Gasteiger partial charge in [-0.3, -0.25) is 9.55 Å². The fraction of sp³-hybridized carbons (Fsp3) is 0.172. The number of pyridine rings is 1. The van der Waals surface area contributed by atoms with Gasteiger partial charge in [-0.25, -0.2) is 4.98 Å². The zero-order valence-electron chi connectivity index (χ0n) is 48.4. The van der Waals surface area contributed by atoms with E-state index in [-0.39, 0.29) is 22.4 Å². The molecule has 2 aromatic heterocycles. The third-order valence-corrected chi connectivity index (χ3v) is 11.2. The first-order valence-corrected chi connectivity index (χ1v) is 20.5. The smallest absolute Gasteiger partial charge is 0.149 e. The molecule has 0 spiro atoms. The summed E-state index contributed by atoms with van der Waals surface area (Å²) in [4.78, 5) is 9.76. The molecule has 306 valence electrons. The van der Waals surface area contributed by atoms with Crippen molar-refractivity contribution in [3.63, 3.8) is 0 Å². The predicted octanol–water partition coefficient (Wildman–Crippen LogP) is 15.3. The van der Waals surface area contributed by atoms with E-state index in [0.717, 1.165) is 22.3 Å². The van der Waals surface area contributed by atoms with Crippen LogP contribution in [-0.2, 0) is 10.8 Å². The molecule has 62 heavy (non-hydrogen) atoms. The van der Waals surface area contributed by atoms with Crippen LogP contribution in [0.4, 0.5) is 0 Å². The van der Waals surface area contributed by atoms with Crippen LogP contribution >= 0.6 is 0 Å². The number of aromatic hydroxyl groups is 1. The Balaban J connectivity index is 1.36. The Hall–Kier alpha value is -7.04. The van der Waals surface area contributed by atoms with E-state index in [1.165, 1.54) is 0 Å². The van der Waals surface area contributed by atoms with Gasteiger partial charge in [-0.2, -0.15) is 0 Å². The van der Waals surface area contributed by atoms with Crippen LogP contribution in [0.1, 0.15) is 81.6 Å². The van der Waals surface area contributed by atoms with Crippen LogP contribution in [0.3, 0.4) is 0 Å². The first-order chi connectivity index (χ1) is 35.1. The molecule has 1 N–H and O–H groups in total. The molecule has 0 saturated carbocycles. The lowest BCUT2D eigenvalue weighted by Crippen LogP contribution is -2.11. The molecule has 0 aliphatic rings. The van der Waals surface area contributed by atoms with Gasteiger partial charge in [0, 0.05) is 31.1 Å². The number of hydrogen-bond donors (Lipinski definition) is 1. The maximum Gasteiger partial charge on any atom is 0.149 e. The molecule has 4 nitrogen and oxygen atoms in total. The molecule has 2 heterocycles. The zero-order chi connectivity index (χ0) is 54.4. The van der Waals surface area contributed by atoms with Gasteiger partial charge in [0.25, 0.3) is 0 Å². The highest BCUT2D eigenvalue weighted by molar-refractivity contribution is 5.98. The fourth-order valence-corrected chi connectivity index (χ4v) is 7.80. The minimum absolute atomic E-state index is 0.0654. The van der Waals surface area contributed by atoms with Crippen molar-refractivity contribution in [1.29, 1.82) is 0 Å². The molecule has 4 heteroatoms. The molecule has 0 atom stereocenters. The summed E-state index contributed by atoms with van der Waals surface area (Å²) in [6, 6.07) is 34.8. The topological polar surface area (TPSA) is 50.9 Å². The summed E-state index contributed by atoms with van der Waals surface area (Å²) in [6.07, 6.45) is -0.609. The Kier molecular flexibility index (Phi) is 7.06. The lowest BCUT2D eigenvalue weighted by atomic mass is 9.83. The van der Waals surface area contributed by atoms with E-state index < -0.39 is 78.2 Å². The van der Waals surface area contributed by atoms with E-state index in [0.29, 0.717) is 55.9 Å². The number of aryl methyl sites for hydroxylation is 1. The summed E-state index contributed by atoms with van der Waals surface area (Å²) in [5, 5.41) is 11.6. The Morgan fingerprint density at radius 3 is 1.95 bits per heavy atom. The second kappa shape index (κ2) is 15.8. The van der Waals surface area contributed by atoms with E-state index in [2.05, 4.69) is 37.9 Å². The van der Waals surface area contributed by atoms with E-state index in [4.69, 9.17) is 21.4 Å². The minimum Gasteiger partial charge on any atom is -0.507 e. The van der Waals surface area contributed by atoms with Crippen LogP contribution in [-0.4, -0.2) is 19.6 Å². The SMILES string of the molecule is [2H]c1nc(-c2cc(-c3cccc4c3nc(-c3ccccc3O)n4-c3cc(C([2H])([2H])[2H])c(-c4ccccc4)cc3-c3ccc(C(C)(C)C)cc3)cc(C(C)(C)C)c2)c([2H])c(-c2c([2H])c([2H])c(C([2H])([2H])[2H])c([2H])c2[2H])c1[2H]. The molecule has 7 aromatic carbocycles. The average Bonchev–Trinajstić information content (AvgIpc) is 3.74. The second-order valence-corrected chi connectivity index (χ2v) is 17.6. The Morgan fingerprint density at radius 1 is 0.548 bits per heavy atom. The molecule has 0 bridgehead atoms. The van der Waals surface area contributed by atoms with Gasteiger partial charge in [0.15, 0.2) is 0 Å². The molecule has 0 amide bonds. The van der Waals surface area contributed by atoms with Crippen LogP contribution in [0, 0.1) is 13.7 Å². The van der Waals surface area contributed by atoms with Crippen molar-refractivity contribution >= 4 is 11.0 Å². The molecule has 0 aliphatic heterocycles. The Morgan fingerprint density at radius 2 is 1.24 bits per heavy atom. The van der Waals surface area contributed by atoms with E-state index in [1.54, 1.807) is 42.5 Å². The highest BCUT2D eigenvalue weighted by Crippen LogP contribution is 2.43. The van der Waals surface area contributed by atoms with Crippen molar-refractivity contribution in [2.45, 2.75) is 66.1 Å². The first-order valence-electron chi connectivity index (χ1n) is 27.0. The number of aromatic nitrogens is 3. The highest BCUT2D eigenvalue weighted by atomic mass is 16.3. The second-order valence-electron chi connectivity index (χ2n) is 17.6. The molecule has 9 aromatic rings. The number of para-hydroxylation sites is 2. The predicted molar refractivity (Wildman–Crippen MR) is 260 cm³/mol. The van der Waals surface area contributed by atoms with Crippen molar-refractivity contribution in [2.24, 2.45) is 0 Å². The van der Waals surface area contributed by atoms with E-state index in [9.17, 15) is 6.48 Å². The molecule has 0 saturated heterocycles. The van der Waals surface area contributed by atoms with Crippen molar-refractivity contribution in [3.05, 3.63) is 192 Å². The van der Waals surface area contributed by atoms with Gasteiger partial charge in [-0.1, -0.05) is 156 Å². The number of benzene rings is 7. The molecule has 0 unspecified atom stereocenters. The summed E-state index contributed by atoms with van der Waals surface area (Å²) < 4.78 is 115. The number of phenols is 1. The van der Waals surface area contributed by atoms with Crippen LogP contribution in [0.15, 0.2) is 170 Å². The van der Waals surface area contributed by atoms with Gasteiger partial charge in [-0.15, -0.1) is 0 Å². The molecular formula is C58H53N3O. The Bertz CT molecular complexity index is 3710. The Labute approximate surface area is 384 Å². The minimum atomic E-state index is -2.99. The standard InChI is InChI=1S/C58H53N3O/c1-37-21-23-39(24-22-37)42-29-30-59-51(35-42)44-32-43(33-46(34-44)58(6,7)8)47-18-14-19-52-55(47)60-56(48-17-12-13-20-54(48)62)61(52)53-31-38(2)49(40-15-10-9-11-16-40)36-50(53)41-25-27-45(28-26-41)57(3,4)5/h9-36,62H,1-8H3/i1D3,2D3,21D,22D,23D,24D,29D,30D,35D. The monoisotopic (exact) mass is 821 g/mol. The van der Waals surface area contributed by atoms with Gasteiger partial charge in [0.1, 0.15) is 11.6 Å². The summed E-state index contributed by atoms with van der Waals surface area (Å²) in [6.45, 7) is 6.83. The van der Waals surface area contributed by atoms with Crippen molar-refractivity contribution in [3.8, 4) is 78.6 Å². The molecular weight excluding hydrogens is 755 g/mol. The maximum absolute atomic E-state index is 11.6. The lowest BCUT2D eigenvalue weighted by molar-refractivity contribution is 0.477. The summed E-state index contributed by atoms with van der Waals surface area (Å²) in [7, 11) is 0. The quantitative estimate of drug-likeness (QED) is 0.174. The number of hydrogen-bond acceptors (Lipinski definition) is 3. The van der Waals surface area contributed by atoms with Crippen LogP contribution in [0.5, 0.6) is 5.75 Å². The fourth-order valence-electron chi connectivity index (χ4n) is 7.80. The number of phenolic OH excluding ortho intramolecular Hbond substituents is 1. The number of imidazole rings is 1. The average molecular weight is 821 g/mol. The maximum atomic E-state index is 11.6. The third-order valence-electron chi connectivity index (χ3n) is 11.2. The van der Waals surface area contributed by atoms with Crippen molar-refractivity contribution in [2.75, 3.05) is 0 Å². The van der Waals surface area contributed by atoms with E-state index in [1.807, 2.05) is 98.1 Å². The lowest BCUT2D eigenvalue weighted by Gasteiger charge is -2.22. The summed E-state index contributed by atoms with van der Waals surface area (Å²) in [5.74, 6) is 0.248. The van der Waals surface area contributed by atoms with Crippen molar-refractivity contribution in [1.82, 2.24) is 14.5 Å². The van der Waals surface area contributed by atoms with Gasteiger partial charge in [0.05, 0.1) is 37.6 Å². The van der Waals surface area contributed by atoms with Crippen LogP contribution < -0.4 is 0 Å².